The summed E-state index contributed by atoms with van der Waals surface area (Å²) in [6.45, 7) is 1.70. The first-order valence-electron chi connectivity index (χ1n) is 8.10. The zero-order valence-electron chi connectivity index (χ0n) is 14.4. The van der Waals surface area contributed by atoms with Crippen LogP contribution < -0.4 is 24.8 Å². The van der Waals surface area contributed by atoms with Gasteiger partial charge < -0.3 is 24.8 Å². The maximum absolute atomic E-state index is 5.40. The van der Waals surface area contributed by atoms with E-state index in [2.05, 4.69) is 26.7 Å². The molecule has 7 heteroatoms. The lowest BCUT2D eigenvalue weighted by Crippen LogP contribution is -2.37. The Labute approximate surface area is 147 Å². The van der Waals surface area contributed by atoms with Crippen LogP contribution in [0.5, 0.6) is 17.4 Å². The van der Waals surface area contributed by atoms with Crippen LogP contribution in [0.3, 0.4) is 0 Å². The van der Waals surface area contributed by atoms with Gasteiger partial charge in [0.1, 0.15) is 0 Å². The van der Waals surface area contributed by atoms with Gasteiger partial charge in [0, 0.05) is 32.4 Å². The lowest BCUT2D eigenvalue weighted by molar-refractivity contribution is 0.174. The highest BCUT2D eigenvalue weighted by Gasteiger charge is 2.12. The Morgan fingerprint density at radius 1 is 1.16 bits per heavy atom. The van der Waals surface area contributed by atoms with Crippen molar-refractivity contribution in [2.45, 2.75) is 13.0 Å². The third-order valence-corrected chi connectivity index (χ3v) is 3.84. The number of guanidine groups is 1. The minimum atomic E-state index is 0.299. The van der Waals surface area contributed by atoms with Gasteiger partial charge in [-0.1, -0.05) is 6.07 Å². The van der Waals surface area contributed by atoms with E-state index < -0.39 is 0 Å². The van der Waals surface area contributed by atoms with E-state index in [9.17, 15) is 0 Å². The zero-order valence-corrected chi connectivity index (χ0v) is 14.4. The SMILES string of the molecule is CN=C(NCCc1ccc2c(c1)OCO2)NCc1ccnc(OC)c1. The molecular formula is C18H22N4O3. The number of pyridine rings is 1. The Kier molecular flexibility index (Phi) is 5.56. The van der Waals surface area contributed by atoms with E-state index in [4.69, 9.17) is 14.2 Å². The molecule has 0 saturated carbocycles. The van der Waals surface area contributed by atoms with Crippen LogP contribution in [0.1, 0.15) is 11.1 Å². The summed E-state index contributed by atoms with van der Waals surface area (Å²) < 4.78 is 15.9. The van der Waals surface area contributed by atoms with Gasteiger partial charge in [-0.05, 0) is 35.7 Å². The predicted molar refractivity (Wildman–Crippen MR) is 95.3 cm³/mol. The van der Waals surface area contributed by atoms with Gasteiger partial charge in [-0.15, -0.1) is 0 Å². The Balaban J connectivity index is 1.46. The van der Waals surface area contributed by atoms with E-state index in [1.54, 1.807) is 20.4 Å². The highest BCUT2D eigenvalue weighted by atomic mass is 16.7. The van der Waals surface area contributed by atoms with Crippen molar-refractivity contribution >= 4 is 5.96 Å². The van der Waals surface area contributed by atoms with E-state index in [0.29, 0.717) is 19.2 Å². The maximum atomic E-state index is 5.40. The second-order valence-electron chi connectivity index (χ2n) is 5.50. The molecule has 2 aromatic rings. The number of fused-ring (bicyclic) bond motifs is 1. The second kappa shape index (κ2) is 8.23. The summed E-state index contributed by atoms with van der Waals surface area (Å²) in [5.74, 6) is 2.97. The molecule has 1 aromatic carbocycles. The number of aliphatic imine (C=N–C) groups is 1. The number of hydrogen-bond acceptors (Lipinski definition) is 5. The molecule has 3 rings (SSSR count). The molecule has 7 nitrogen and oxygen atoms in total. The Morgan fingerprint density at radius 3 is 2.88 bits per heavy atom. The van der Waals surface area contributed by atoms with Crippen molar-refractivity contribution in [2.75, 3.05) is 27.5 Å². The molecular weight excluding hydrogens is 320 g/mol. The molecule has 25 heavy (non-hydrogen) atoms. The van der Waals surface area contributed by atoms with Gasteiger partial charge in [-0.3, -0.25) is 4.99 Å². The van der Waals surface area contributed by atoms with E-state index >= 15 is 0 Å². The normalized spacial score (nSPS) is 12.8. The highest BCUT2D eigenvalue weighted by molar-refractivity contribution is 5.79. The van der Waals surface area contributed by atoms with E-state index in [1.165, 1.54) is 5.56 Å². The van der Waals surface area contributed by atoms with Crippen molar-refractivity contribution in [3.63, 3.8) is 0 Å². The summed E-state index contributed by atoms with van der Waals surface area (Å²) in [4.78, 5) is 8.34. The first-order valence-corrected chi connectivity index (χ1v) is 8.10. The fourth-order valence-electron chi connectivity index (χ4n) is 2.50. The number of hydrogen-bond donors (Lipinski definition) is 2. The van der Waals surface area contributed by atoms with E-state index in [0.717, 1.165) is 36.0 Å². The van der Waals surface area contributed by atoms with Crippen molar-refractivity contribution in [1.82, 2.24) is 15.6 Å². The molecule has 0 fully saturated rings. The Hall–Kier alpha value is -2.96. The summed E-state index contributed by atoms with van der Waals surface area (Å²) in [7, 11) is 3.36. The minimum absolute atomic E-state index is 0.299. The molecule has 0 radical (unpaired) electrons. The van der Waals surface area contributed by atoms with Gasteiger partial charge in [-0.25, -0.2) is 4.98 Å². The third kappa shape index (κ3) is 4.53. The number of aromatic nitrogens is 1. The average Bonchev–Trinajstić information content (AvgIpc) is 3.12. The van der Waals surface area contributed by atoms with Gasteiger partial charge in [0.25, 0.3) is 0 Å². The molecule has 0 unspecified atom stereocenters. The molecule has 0 amide bonds. The van der Waals surface area contributed by atoms with E-state index in [1.807, 2.05) is 24.3 Å². The summed E-state index contributed by atoms with van der Waals surface area (Å²) in [5, 5.41) is 6.58. The van der Waals surface area contributed by atoms with Crippen LogP contribution >= 0.6 is 0 Å². The maximum Gasteiger partial charge on any atom is 0.231 e. The first kappa shape index (κ1) is 16.9. The quantitative estimate of drug-likeness (QED) is 0.615. The largest absolute Gasteiger partial charge is 0.481 e. The van der Waals surface area contributed by atoms with Crippen LogP contribution in [0.25, 0.3) is 0 Å². The molecule has 1 aromatic heterocycles. The fraction of sp³-hybridized carbons (Fsp3) is 0.333. The van der Waals surface area contributed by atoms with Gasteiger partial charge in [0.15, 0.2) is 17.5 Å². The van der Waals surface area contributed by atoms with Crippen LogP contribution in [0, 0.1) is 0 Å². The molecule has 0 bridgehead atoms. The number of benzene rings is 1. The molecule has 2 N–H and O–H groups in total. The van der Waals surface area contributed by atoms with Gasteiger partial charge in [0.2, 0.25) is 12.7 Å². The third-order valence-electron chi connectivity index (χ3n) is 3.84. The van der Waals surface area contributed by atoms with Gasteiger partial charge in [0.05, 0.1) is 7.11 Å². The van der Waals surface area contributed by atoms with Crippen LogP contribution in [0.2, 0.25) is 0 Å². The number of methoxy groups -OCH3 is 1. The fourth-order valence-corrected chi connectivity index (χ4v) is 2.50. The summed E-state index contributed by atoms with van der Waals surface area (Å²) in [5.41, 5.74) is 2.26. The Morgan fingerprint density at radius 2 is 2.04 bits per heavy atom. The molecule has 0 saturated heterocycles. The predicted octanol–water partition coefficient (Wildman–Crippen LogP) is 1.73. The lowest BCUT2D eigenvalue weighted by atomic mass is 10.1. The van der Waals surface area contributed by atoms with Gasteiger partial charge in [-0.2, -0.15) is 0 Å². The number of ether oxygens (including phenoxy) is 3. The van der Waals surface area contributed by atoms with Crippen LogP contribution in [0.15, 0.2) is 41.5 Å². The van der Waals surface area contributed by atoms with Crippen molar-refractivity contribution in [1.29, 1.82) is 0 Å². The smallest absolute Gasteiger partial charge is 0.231 e. The van der Waals surface area contributed by atoms with Crippen LogP contribution in [-0.4, -0.2) is 38.4 Å². The molecule has 0 spiro atoms. The van der Waals surface area contributed by atoms with Crippen molar-refractivity contribution in [3.05, 3.63) is 47.7 Å². The van der Waals surface area contributed by atoms with Gasteiger partial charge >= 0.3 is 0 Å². The van der Waals surface area contributed by atoms with Crippen molar-refractivity contribution in [2.24, 2.45) is 4.99 Å². The standard InChI is InChI=1S/C18H22N4O3/c1-19-18(22-11-14-6-7-20-17(10-14)23-2)21-8-5-13-3-4-15-16(9-13)25-12-24-15/h3-4,6-7,9-10H,5,8,11-12H2,1-2H3,(H2,19,21,22). The topological polar surface area (TPSA) is 77.0 Å². The molecule has 1 aliphatic rings. The number of nitrogens with zero attached hydrogens (tertiary/aromatic N) is 2. The lowest BCUT2D eigenvalue weighted by Gasteiger charge is -2.12. The van der Waals surface area contributed by atoms with Crippen LogP contribution in [0.4, 0.5) is 0 Å². The van der Waals surface area contributed by atoms with Crippen molar-refractivity contribution in [3.8, 4) is 17.4 Å². The molecule has 0 atom stereocenters. The minimum Gasteiger partial charge on any atom is -0.481 e. The first-order chi connectivity index (χ1) is 12.3. The van der Waals surface area contributed by atoms with Crippen LogP contribution in [-0.2, 0) is 13.0 Å². The summed E-state index contributed by atoms with van der Waals surface area (Å²) >= 11 is 0. The second-order valence-corrected chi connectivity index (χ2v) is 5.50. The Bertz CT molecular complexity index is 749. The summed E-state index contributed by atoms with van der Waals surface area (Å²) in [6, 6.07) is 9.85. The average molecular weight is 342 g/mol. The number of nitrogens with one attached hydrogen (secondary N) is 2. The molecule has 2 heterocycles. The van der Waals surface area contributed by atoms with E-state index in [-0.39, 0.29) is 0 Å². The summed E-state index contributed by atoms with van der Waals surface area (Å²) in [6.07, 6.45) is 2.59. The molecule has 1 aliphatic heterocycles. The zero-order chi connectivity index (χ0) is 17.5. The highest BCUT2D eigenvalue weighted by Crippen LogP contribution is 2.32. The molecule has 132 valence electrons. The monoisotopic (exact) mass is 342 g/mol. The number of rotatable bonds is 6. The van der Waals surface area contributed by atoms with Crippen molar-refractivity contribution < 1.29 is 14.2 Å². The molecule has 0 aliphatic carbocycles.